The van der Waals surface area contributed by atoms with Gasteiger partial charge in [-0.25, -0.2) is 0 Å². The molecule has 0 spiro atoms. The van der Waals surface area contributed by atoms with Gasteiger partial charge in [-0.2, -0.15) is 5.10 Å². The molecule has 2 rings (SSSR count). The molecule has 1 saturated heterocycles. The van der Waals surface area contributed by atoms with Crippen LogP contribution in [0.5, 0.6) is 0 Å². The van der Waals surface area contributed by atoms with E-state index in [2.05, 4.69) is 21.8 Å². The first-order valence-corrected chi connectivity index (χ1v) is 8.58. The Balaban J connectivity index is 2.02. The minimum atomic E-state index is -0.566. The molecule has 0 radical (unpaired) electrons. The van der Waals surface area contributed by atoms with Gasteiger partial charge in [0.05, 0.1) is 24.4 Å². The minimum absolute atomic E-state index is 0.114. The predicted octanol–water partition coefficient (Wildman–Crippen LogP) is 0.771. The number of hydrogen-bond acceptors (Lipinski definition) is 5. The second-order valence-electron chi connectivity index (χ2n) is 7.19. The topological polar surface area (TPSA) is 64.8 Å². The van der Waals surface area contributed by atoms with Crippen LogP contribution in [0.25, 0.3) is 0 Å². The quantitative estimate of drug-likeness (QED) is 0.809. The zero-order valence-electron chi connectivity index (χ0n) is 15.0. The van der Waals surface area contributed by atoms with Gasteiger partial charge in [-0.05, 0) is 53.8 Å². The number of aryl methyl sites for hydroxylation is 1. The fourth-order valence-corrected chi connectivity index (χ4v) is 3.64. The van der Waals surface area contributed by atoms with E-state index in [9.17, 15) is 5.11 Å². The fraction of sp³-hybridized carbons (Fsp3) is 0.824. The molecule has 0 amide bonds. The molecule has 0 aromatic carbocycles. The Labute approximate surface area is 139 Å². The summed E-state index contributed by atoms with van der Waals surface area (Å²) in [7, 11) is 4.03. The third kappa shape index (κ3) is 4.76. The van der Waals surface area contributed by atoms with Gasteiger partial charge in [0, 0.05) is 30.9 Å². The van der Waals surface area contributed by atoms with Crippen LogP contribution in [-0.4, -0.2) is 75.7 Å². The molecule has 1 aliphatic heterocycles. The molecule has 132 valence electrons. The molecule has 1 atom stereocenters. The van der Waals surface area contributed by atoms with Crippen molar-refractivity contribution < 1.29 is 10.2 Å². The van der Waals surface area contributed by atoms with Crippen LogP contribution in [0.3, 0.4) is 0 Å². The summed E-state index contributed by atoms with van der Waals surface area (Å²) in [5.74, 6) is 0. The van der Waals surface area contributed by atoms with Crippen LogP contribution in [0, 0.1) is 13.8 Å². The van der Waals surface area contributed by atoms with E-state index in [1.54, 1.807) is 0 Å². The number of likely N-dealkylation sites (tertiary alicyclic amines) is 1. The summed E-state index contributed by atoms with van der Waals surface area (Å²) in [4.78, 5) is 4.50. The lowest BCUT2D eigenvalue weighted by molar-refractivity contribution is 0.00257. The van der Waals surface area contributed by atoms with Crippen molar-refractivity contribution in [2.24, 2.45) is 0 Å². The van der Waals surface area contributed by atoms with Crippen molar-refractivity contribution in [3.63, 3.8) is 0 Å². The molecule has 0 saturated carbocycles. The van der Waals surface area contributed by atoms with Crippen molar-refractivity contribution in [1.29, 1.82) is 0 Å². The molecular formula is C17H32N4O2. The van der Waals surface area contributed by atoms with E-state index < -0.39 is 5.60 Å². The summed E-state index contributed by atoms with van der Waals surface area (Å²) in [5, 5.41) is 24.4. The van der Waals surface area contributed by atoms with Gasteiger partial charge in [-0.15, -0.1) is 0 Å². The maximum absolute atomic E-state index is 10.8. The molecule has 1 aliphatic rings. The van der Waals surface area contributed by atoms with E-state index in [4.69, 9.17) is 5.11 Å². The van der Waals surface area contributed by atoms with Crippen LogP contribution in [0.1, 0.15) is 36.2 Å². The average molecular weight is 324 g/mol. The van der Waals surface area contributed by atoms with Crippen LogP contribution < -0.4 is 0 Å². The van der Waals surface area contributed by atoms with Gasteiger partial charge in [0.1, 0.15) is 0 Å². The zero-order valence-corrected chi connectivity index (χ0v) is 15.0. The van der Waals surface area contributed by atoms with Crippen molar-refractivity contribution in [3.05, 3.63) is 17.0 Å². The van der Waals surface area contributed by atoms with Crippen molar-refractivity contribution in [3.8, 4) is 0 Å². The van der Waals surface area contributed by atoms with E-state index in [-0.39, 0.29) is 6.61 Å². The highest BCUT2D eigenvalue weighted by molar-refractivity contribution is 5.24. The summed E-state index contributed by atoms with van der Waals surface area (Å²) >= 11 is 0. The molecule has 2 heterocycles. The molecule has 0 bridgehead atoms. The molecule has 1 aromatic heterocycles. The van der Waals surface area contributed by atoms with Gasteiger partial charge < -0.3 is 15.1 Å². The number of aliphatic hydroxyl groups is 2. The standard InChI is InChI=1S/C17H32N4O2/c1-14-16(15(2)21(18-14)10-11-22)12-20-8-5-6-17(23,7-9-20)13-19(3)4/h22-23H,5-13H2,1-4H3. The normalized spacial score (nSPS) is 23.4. The van der Waals surface area contributed by atoms with Crippen LogP contribution in [0.2, 0.25) is 0 Å². The molecule has 23 heavy (non-hydrogen) atoms. The van der Waals surface area contributed by atoms with E-state index in [1.807, 2.05) is 25.7 Å². The number of aliphatic hydroxyl groups excluding tert-OH is 1. The number of likely N-dealkylation sites (N-methyl/N-ethyl adjacent to an activating group) is 1. The van der Waals surface area contributed by atoms with Crippen molar-refractivity contribution in [2.45, 2.75) is 51.8 Å². The summed E-state index contributed by atoms with van der Waals surface area (Å²) in [6, 6.07) is 0. The van der Waals surface area contributed by atoms with Crippen molar-refractivity contribution in [1.82, 2.24) is 19.6 Å². The molecule has 2 N–H and O–H groups in total. The van der Waals surface area contributed by atoms with E-state index >= 15 is 0 Å². The maximum Gasteiger partial charge on any atom is 0.0786 e. The van der Waals surface area contributed by atoms with Gasteiger partial charge in [0.2, 0.25) is 0 Å². The van der Waals surface area contributed by atoms with E-state index in [0.717, 1.165) is 56.8 Å². The number of hydrogen-bond donors (Lipinski definition) is 2. The Morgan fingerprint density at radius 1 is 1.22 bits per heavy atom. The Morgan fingerprint density at radius 3 is 2.61 bits per heavy atom. The third-order valence-electron chi connectivity index (χ3n) is 4.85. The Morgan fingerprint density at radius 2 is 1.96 bits per heavy atom. The Bertz CT molecular complexity index is 515. The van der Waals surface area contributed by atoms with Crippen LogP contribution in [0.4, 0.5) is 0 Å². The highest BCUT2D eigenvalue weighted by atomic mass is 16.3. The molecule has 6 nitrogen and oxygen atoms in total. The van der Waals surface area contributed by atoms with Gasteiger partial charge >= 0.3 is 0 Å². The summed E-state index contributed by atoms with van der Waals surface area (Å²) in [6.45, 7) is 8.31. The van der Waals surface area contributed by atoms with E-state index in [1.165, 1.54) is 5.56 Å². The predicted molar refractivity (Wildman–Crippen MR) is 91.4 cm³/mol. The van der Waals surface area contributed by atoms with Gasteiger partial charge in [0.25, 0.3) is 0 Å². The second-order valence-corrected chi connectivity index (χ2v) is 7.19. The molecule has 1 fully saturated rings. The molecule has 0 aliphatic carbocycles. The second kappa shape index (κ2) is 7.75. The fourth-order valence-electron chi connectivity index (χ4n) is 3.64. The zero-order chi connectivity index (χ0) is 17.0. The Hall–Kier alpha value is -0.950. The lowest BCUT2D eigenvalue weighted by Gasteiger charge is -2.30. The smallest absolute Gasteiger partial charge is 0.0786 e. The summed E-state index contributed by atoms with van der Waals surface area (Å²) < 4.78 is 1.89. The number of rotatable bonds is 6. The maximum atomic E-state index is 10.8. The summed E-state index contributed by atoms with van der Waals surface area (Å²) in [6.07, 6.45) is 2.70. The first-order chi connectivity index (χ1) is 10.8. The molecule has 6 heteroatoms. The van der Waals surface area contributed by atoms with Gasteiger partial charge in [-0.3, -0.25) is 9.58 Å². The number of aromatic nitrogens is 2. The highest BCUT2D eigenvalue weighted by Crippen LogP contribution is 2.25. The number of nitrogens with zero attached hydrogens (tertiary/aromatic N) is 4. The third-order valence-corrected chi connectivity index (χ3v) is 4.85. The first-order valence-electron chi connectivity index (χ1n) is 8.58. The lowest BCUT2D eigenvalue weighted by Crippen LogP contribution is -2.40. The first kappa shape index (κ1) is 18.4. The van der Waals surface area contributed by atoms with Crippen molar-refractivity contribution in [2.75, 3.05) is 40.3 Å². The summed E-state index contributed by atoms with van der Waals surface area (Å²) in [5.41, 5.74) is 2.88. The monoisotopic (exact) mass is 324 g/mol. The van der Waals surface area contributed by atoms with Crippen LogP contribution in [0.15, 0.2) is 0 Å². The molecule has 1 unspecified atom stereocenters. The Kier molecular flexibility index (Phi) is 6.19. The van der Waals surface area contributed by atoms with E-state index in [0.29, 0.717) is 6.54 Å². The van der Waals surface area contributed by atoms with Crippen LogP contribution in [-0.2, 0) is 13.1 Å². The lowest BCUT2D eigenvalue weighted by atomic mass is 9.94. The van der Waals surface area contributed by atoms with Gasteiger partial charge in [0.15, 0.2) is 0 Å². The average Bonchev–Trinajstić information content (AvgIpc) is 2.61. The molecular weight excluding hydrogens is 292 g/mol. The minimum Gasteiger partial charge on any atom is -0.394 e. The van der Waals surface area contributed by atoms with Gasteiger partial charge in [-0.1, -0.05) is 0 Å². The van der Waals surface area contributed by atoms with Crippen LogP contribution >= 0.6 is 0 Å². The largest absolute Gasteiger partial charge is 0.394 e. The van der Waals surface area contributed by atoms with Crippen molar-refractivity contribution >= 4 is 0 Å². The highest BCUT2D eigenvalue weighted by Gasteiger charge is 2.31. The SMILES string of the molecule is Cc1nn(CCO)c(C)c1CN1CCCC(O)(CN(C)C)CC1. The molecule has 1 aromatic rings.